The summed E-state index contributed by atoms with van der Waals surface area (Å²) in [5, 5.41) is 0. The minimum absolute atomic E-state index is 0.0272. The number of aryl methyl sites for hydroxylation is 3. The fraction of sp³-hybridized carbons (Fsp3) is 0.240. The molecule has 0 fully saturated rings. The summed E-state index contributed by atoms with van der Waals surface area (Å²) in [5.41, 5.74) is 2.88. The standard InChI is InChI=1S/C25H28N2O7S2/c1-6-27(35(29,30)23-14-8-18(3)24(16-23)25(28)33-5)36(31,32)26-20-9-12-21(13-10-20)34-22-11-7-17(2)19(4)15-22/h7-16,26H,6H2,1-5H3. The number of ether oxygens (including phenoxy) is 2. The molecule has 0 aliphatic carbocycles. The van der Waals surface area contributed by atoms with E-state index < -0.39 is 26.2 Å². The molecule has 0 saturated carbocycles. The molecule has 0 spiro atoms. The highest BCUT2D eigenvalue weighted by atomic mass is 32.3. The van der Waals surface area contributed by atoms with Crippen molar-refractivity contribution in [1.82, 2.24) is 3.71 Å². The minimum atomic E-state index is -4.52. The Hall–Kier alpha value is -3.41. The number of anilines is 1. The number of benzene rings is 3. The van der Waals surface area contributed by atoms with Crippen LogP contribution < -0.4 is 9.46 Å². The predicted molar refractivity (Wildman–Crippen MR) is 137 cm³/mol. The van der Waals surface area contributed by atoms with Crippen LogP contribution in [-0.4, -0.2) is 40.2 Å². The van der Waals surface area contributed by atoms with Gasteiger partial charge in [-0.05, 0) is 86.0 Å². The number of rotatable bonds is 9. The molecule has 1 N–H and O–H groups in total. The predicted octanol–water partition coefficient (Wildman–Crippen LogP) is 4.56. The number of sulfonamides is 1. The van der Waals surface area contributed by atoms with E-state index in [-0.39, 0.29) is 22.7 Å². The van der Waals surface area contributed by atoms with E-state index >= 15 is 0 Å². The summed E-state index contributed by atoms with van der Waals surface area (Å²) < 4.78 is 65.7. The molecule has 0 aliphatic heterocycles. The second-order valence-electron chi connectivity index (χ2n) is 8.04. The average molecular weight is 533 g/mol. The van der Waals surface area contributed by atoms with Gasteiger partial charge in [-0.15, -0.1) is 0 Å². The van der Waals surface area contributed by atoms with Gasteiger partial charge in [0.15, 0.2) is 0 Å². The van der Waals surface area contributed by atoms with E-state index in [1.165, 1.54) is 38.3 Å². The van der Waals surface area contributed by atoms with Crippen molar-refractivity contribution >= 4 is 31.9 Å². The van der Waals surface area contributed by atoms with E-state index in [0.717, 1.165) is 17.2 Å². The molecule has 0 amide bonds. The van der Waals surface area contributed by atoms with Gasteiger partial charge in [0.05, 0.1) is 23.3 Å². The monoisotopic (exact) mass is 532 g/mol. The largest absolute Gasteiger partial charge is 0.465 e. The van der Waals surface area contributed by atoms with E-state index in [9.17, 15) is 21.6 Å². The Balaban J connectivity index is 1.83. The molecule has 0 saturated heterocycles. The highest BCUT2D eigenvalue weighted by Gasteiger charge is 2.35. The quantitative estimate of drug-likeness (QED) is 0.401. The van der Waals surface area contributed by atoms with Crippen molar-refractivity contribution in [2.45, 2.75) is 32.6 Å². The second kappa shape index (κ2) is 10.7. The van der Waals surface area contributed by atoms with Crippen molar-refractivity contribution in [2.24, 2.45) is 0 Å². The van der Waals surface area contributed by atoms with Crippen molar-refractivity contribution in [3.63, 3.8) is 0 Å². The van der Waals surface area contributed by atoms with Crippen LogP contribution in [0.15, 0.2) is 65.6 Å². The molecule has 0 radical (unpaired) electrons. The van der Waals surface area contributed by atoms with Crippen LogP contribution in [0, 0.1) is 20.8 Å². The van der Waals surface area contributed by atoms with Gasteiger partial charge in [-0.1, -0.05) is 22.8 Å². The molecule has 0 bridgehead atoms. The fourth-order valence-corrected chi connectivity index (χ4v) is 6.74. The summed E-state index contributed by atoms with van der Waals surface area (Å²) in [4.78, 5) is 11.6. The van der Waals surface area contributed by atoms with Gasteiger partial charge in [-0.3, -0.25) is 4.72 Å². The van der Waals surface area contributed by atoms with Gasteiger partial charge in [0, 0.05) is 6.54 Å². The summed E-state index contributed by atoms with van der Waals surface area (Å²) in [6, 6.07) is 15.5. The molecular formula is C25H28N2O7S2. The van der Waals surface area contributed by atoms with Crippen molar-refractivity contribution in [2.75, 3.05) is 18.4 Å². The van der Waals surface area contributed by atoms with E-state index in [0.29, 0.717) is 20.8 Å². The number of carbonyl (C=O) groups is 1. The Labute approximate surface area is 211 Å². The maximum absolute atomic E-state index is 13.2. The van der Waals surface area contributed by atoms with Crippen LogP contribution in [0.2, 0.25) is 0 Å². The first-order valence-corrected chi connectivity index (χ1v) is 13.9. The Morgan fingerprint density at radius 3 is 2.03 bits per heavy atom. The van der Waals surface area contributed by atoms with Crippen molar-refractivity contribution < 1.29 is 31.1 Å². The molecule has 0 unspecified atom stereocenters. The van der Waals surface area contributed by atoms with E-state index in [1.54, 1.807) is 19.1 Å². The molecular weight excluding hydrogens is 504 g/mol. The molecule has 0 atom stereocenters. The van der Waals surface area contributed by atoms with Crippen LogP contribution in [0.4, 0.5) is 5.69 Å². The summed E-state index contributed by atoms with van der Waals surface area (Å²) >= 11 is 0. The highest BCUT2D eigenvalue weighted by Crippen LogP contribution is 2.27. The van der Waals surface area contributed by atoms with Crippen LogP contribution in [0.3, 0.4) is 0 Å². The van der Waals surface area contributed by atoms with Crippen molar-refractivity contribution in [3.8, 4) is 11.5 Å². The van der Waals surface area contributed by atoms with Crippen LogP contribution in [0.1, 0.15) is 34.0 Å². The third kappa shape index (κ3) is 5.86. The topological polar surface area (TPSA) is 119 Å². The molecule has 36 heavy (non-hydrogen) atoms. The van der Waals surface area contributed by atoms with Gasteiger partial charge < -0.3 is 9.47 Å². The van der Waals surface area contributed by atoms with Gasteiger partial charge in [-0.2, -0.15) is 8.42 Å². The second-order valence-corrected chi connectivity index (χ2v) is 11.7. The first kappa shape index (κ1) is 27.2. The number of esters is 1. The average Bonchev–Trinajstić information content (AvgIpc) is 2.82. The summed E-state index contributed by atoms with van der Waals surface area (Å²) in [7, 11) is -7.87. The lowest BCUT2D eigenvalue weighted by Gasteiger charge is -2.21. The Bertz CT molecular complexity index is 1480. The molecule has 11 heteroatoms. The number of nitrogens with zero attached hydrogens (tertiary/aromatic N) is 1. The van der Waals surface area contributed by atoms with Crippen LogP contribution in [-0.2, 0) is 25.0 Å². The summed E-state index contributed by atoms with van der Waals surface area (Å²) in [6.07, 6.45) is 0. The van der Waals surface area contributed by atoms with Gasteiger partial charge in [-0.25, -0.2) is 13.2 Å². The number of carbonyl (C=O) groups excluding carboxylic acids is 1. The van der Waals surface area contributed by atoms with Gasteiger partial charge in [0.1, 0.15) is 11.5 Å². The fourth-order valence-electron chi connectivity index (χ4n) is 3.38. The van der Waals surface area contributed by atoms with Crippen molar-refractivity contribution in [1.29, 1.82) is 0 Å². The smallest absolute Gasteiger partial charge is 0.338 e. The first-order valence-electron chi connectivity index (χ1n) is 11.0. The first-order chi connectivity index (χ1) is 16.9. The number of hydrogen-bond donors (Lipinski definition) is 1. The van der Waals surface area contributed by atoms with E-state index in [4.69, 9.17) is 4.74 Å². The van der Waals surface area contributed by atoms with Crippen LogP contribution in [0.5, 0.6) is 11.5 Å². The normalized spacial score (nSPS) is 11.8. The van der Waals surface area contributed by atoms with E-state index in [1.807, 2.05) is 32.0 Å². The molecule has 3 aromatic rings. The van der Waals surface area contributed by atoms with Crippen LogP contribution in [0.25, 0.3) is 0 Å². The minimum Gasteiger partial charge on any atom is -0.465 e. The molecule has 9 nitrogen and oxygen atoms in total. The molecule has 0 heterocycles. The molecule has 3 rings (SSSR count). The third-order valence-electron chi connectivity index (χ3n) is 5.52. The number of nitrogens with one attached hydrogen (secondary N) is 1. The lowest BCUT2D eigenvalue weighted by atomic mass is 10.1. The van der Waals surface area contributed by atoms with Gasteiger partial charge >= 0.3 is 16.2 Å². The number of methoxy groups -OCH3 is 1. The van der Waals surface area contributed by atoms with Gasteiger partial charge in [0.25, 0.3) is 10.0 Å². The summed E-state index contributed by atoms with van der Waals surface area (Å²) in [5.74, 6) is 0.395. The maximum Gasteiger partial charge on any atom is 0.338 e. The molecule has 3 aromatic carbocycles. The van der Waals surface area contributed by atoms with Crippen molar-refractivity contribution in [3.05, 3.63) is 82.9 Å². The zero-order chi connectivity index (χ0) is 26.7. The number of hydrogen-bond acceptors (Lipinski definition) is 7. The summed E-state index contributed by atoms with van der Waals surface area (Å²) in [6.45, 7) is 6.61. The lowest BCUT2D eigenvalue weighted by Crippen LogP contribution is -2.40. The van der Waals surface area contributed by atoms with E-state index in [2.05, 4.69) is 9.46 Å². The highest BCUT2D eigenvalue weighted by molar-refractivity contribution is 8.04. The Kier molecular flexibility index (Phi) is 8.07. The zero-order valence-corrected chi connectivity index (χ0v) is 22.2. The molecule has 0 aliphatic rings. The maximum atomic E-state index is 13.2. The SMILES string of the molecule is CCN(S(=O)(=O)Nc1ccc(Oc2ccc(C)c(C)c2)cc1)S(=O)(=O)c1ccc(C)c(C(=O)OC)c1. The molecule has 192 valence electrons. The molecule has 0 aromatic heterocycles. The van der Waals surface area contributed by atoms with Gasteiger partial charge in [0.2, 0.25) is 0 Å². The third-order valence-corrected chi connectivity index (χ3v) is 9.63. The van der Waals surface area contributed by atoms with Crippen LogP contribution >= 0.6 is 0 Å². The Morgan fingerprint density at radius 2 is 1.44 bits per heavy atom. The lowest BCUT2D eigenvalue weighted by molar-refractivity contribution is 0.0599. The zero-order valence-electron chi connectivity index (χ0n) is 20.6. The Morgan fingerprint density at radius 1 is 0.833 bits per heavy atom.